The average Bonchev–Trinajstić information content (AvgIpc) is 2.48. The van der Waals surface area contributed by atoms with Crippen LogP contribution in [0.4, 0.5) is 4.39 Å². The van der Waals surface area contributed by atoms with E-state index in [0.29, 0.717) is 10.7 Å². The van der Waals surface area contributed by atoms with E-state index in [-0.39, 0.29) is 5.82 Å². The predicted octanol–water partition coefficient (Wildman–Crippen LogP) is 6.24. The van der Waals surface area contributed by atoms with E-state index >= 15 is 0 Å². The van der Waals surface area contributed by atoms with E-state index in [1.54, 1.807) is 6.07 Å². The van der Waals surface area contributed by atoms with Crippen LogP contribution in [0.1, 0.15) is 43.0 Å². The van der Waals surface area contributed by atoms with Gasteiger partial charge < -0.3 is 0 Å². The predicted molar refractivity (Wildman–Crippen MR) is 86.7 cm³/mol. The van der Waals surface area contributed by atoms with Crippen molar-refractivity contribution in [2.24, 2.45) is 11.8 Å². The van der Waals surface area contributed by atoms with E-state index in [9.17, 15) is 4.39 Å². The first-order valence-corrected chi connectivity index (χ1v) is 8.39. The van der Waals surface area contributed by atoms with Gasteiger partial charge in [-0.25, -0.2) is 4.39 Å². The van der Waals surface area contributed by atoms with Crippen molar-refractivity contribution in [3.63, 3.8) is 0 Å². The fourth-order valence-electron chi connectivity index (χ4n) is 3.36. The van der Waals surface area contributed by atoms with Gasteiger partial charge in [0.2, 0.25) is 0 Å². The van der Waals surface area contributed by atoms with Crippen molar-refractivity contribution >= 4 is 26.7 Å². The lowest BCUT2D eigenvalue weighted by Crippen LogP contribution is -2.16. The zero-order valence-corrected chi connectivity index (χ0v) is 13.4. The minimum Gasteiger partial charge on any atom is -0.206 e. The summed E-state index contributed by atoms with van der Waals surface area (Å²) in [6.07, 6.45) is 5.16. The van der Waals surface area contributed by atoms with Crippen LogP contribution >= 0.6 is 15.9 Å². The normalized spacial score (nSPS) is 24.8. The van der Waals surface area contributed by atoms with Crippen LogP contribution in [0.15, 0.2) is 36.4 Å². The van der Waals surface area contributed by atoms with Crippen molar-refractivity contribution in [3.8, 4) is 0 Å². The van der Waals surface area contributed by atoms with Crippen molar-refractivity contribution in [3.05, 3.63) is 47.8 Å². The summed E-state index contributed by atoms with van der Waals surface area (Å²) in [4.78, 5) is 0.334. The zero-order valence-electron chi connectivity index (χ0n) is 11.8. The molecule has 2 aromatic carbocycles. The maximum atomic E-state index is 13.9. The first-order chi connectivity index (χ1) is 9.66. The van der Waals surface area contributed by atoms with Crippen LogP contribution in [-0.4, -0.2) is 0 Å². The molecule has 0 radical (unpaired) electrons. The van der Waals surface area contributed by atoms with E-state index in [0.717, 1.165) is 16.7 Å². The standard InChI is InChI=1S/C18H20BrF/c1-12-6-8-13(9-7-12)18(19)16-10-11-17(20)15-5-3-2-4-14(15)16/h2-5,10-13,18H,6-9H2,1H3. The second-order valence-electron chi connectivity index (χ2n) is 6.10. The van der Waals surface area contributed by atoms with Crippen LogP contribution in [0.3, 0.4) is 0 Å². The van der Waals surface area contributed by atoms with Crippen LogP contribution < -0.4 is 0 Å². The molecule has 1 unspecified atom stereocenters. The van der Waals surface area contributed by atoms with Gasteiger partial charge in [-0.3, -0.25) is 0 Å². The highest BCUT2D eigenvalue weighted by Crippen LogP contribution is 2.43. The SMILES string of the molecule is CC1CCC(C(Br)c2ccc(F)c3ccccc23)CC1. The Hall–Kier alpha value is -0.890. The summed E-state index contributed by atoms with van der Waals surface area (Å²) in [5.74, 6) is 1.40. The molecule has 0 amide bonds. The van der Waals surface area contributed by atoms with Gasteiger partial charge in [0.25, 0.3) is 0 Å². The third-order valence-electron chi connectivity index (χ3n) is 4.68. The van der Waals surface area contributed by atoms with Crippen molar-refractivity contribution in [2.75, 3.05) is 0 Å². The molecule has 20 heavy (non-hydrogen) atoms. The Labute approximate surface area is 128 Å². The first kappa shape index (κ1) is 14.1. The fourth-order valence-corrected chi connectivity index (χ4v) is 4.29. The lowest BCUT2D eigenvalue weighted by atomic mass is 9.79. The highest BCUT2D eigenvalue weighted by atomic mass is 79.9. The fraction of sp³-hybridized carbons (Fsp3) is 0.444. The molecule has 0 spiro atoms. The van der Waals surface area contributed by atoms with Gasteiger partial charge in [-0.15, -0.1) is 0 Å². The Balaban J connectivity index is 1.95. The molecule has 1 aliphatic rings. The zero-order chi connectivity index (χ0) is 14.1. The van der Waals surface area contributed by atoms with Crippen LogP contribution in [0.2, 0.25) is 0 Å². The first-order valence-electron chi connectivity index (χ1n) is 7.48. The number of hydrogen-bond acceptors (Lipinski definition) is 0. The summed E-state index contributed by atoms with van der Waals surface area (Å²) in [7, 11) is 0. The molecule has 1 fully saturated rings. The molecule has 0 heterocycles. The number of fused-ring (bicyclic) bond motifs is 1. The largest absolute Gasteiger partial charge is 0.206 e. The average molecular weight is 335 g/mol. The van der Waals surface area contributed by atoms with Gasteiger partial charge in [-0.1, -0.05) is 66.0 Å². The van der Waals surface area contributed by atoms with E-state index < -0.39 is 0 Å². The monoisotopic (exact) mass is 334 g/mol. The summed E-state index contributed by atoms with van der Waals surface area (Å²) in [6.45, 7) is 2.34. The maximum Gasteiger partial charge on any atom is 0.131 e. The summed E-state index contributed by atoms with van der Waals surface area (Å²) in [5, 5.41) is 1.78. The molecule has 1 saturated carbocycles. The van der Waals surface area contributed by atoms with E-state index in [4.69, 9.17) is 0 Å². The molecule has 0 N–H and O–H groups in total. The number of benzene rings is 2. The molecule has 1 aliphatic carbocycles. The van der Waals surface area contributed by atoms with Gasteiger partial charge in [0.05, 0.1) is 0 Å². The number of halogens is 2. The van der Waals surface area contributed by atoms with Gasteiger partial charge in [0.1, 0.15) is 5.82 Å². The number of hydrogen-bond donors (Lipinski definition) is 0. The van der Waals surface area contributed by atoms with E-state index in [1.807, 2.05) is 30.3 Å². The second-order valence-corrected chi connectivity index (χ2v) is 7.09. The molecule has 2 aromatic rings. The van der Waals surface area contributed by atoms with Crippen LogP contribution in [0.5, 0.6) is 0 Å². The van der Waals surface area contributed by atoms with E-state index in [2.05, 4.69) is 22.9 Å². The summed E-state index contributed by atoms with van der Waals surface area (Å²) in [6, 6.07) is 11.4. The molecule has 106 valence electrons. The van der Waals surface area contributed by atoms with Crippen LogP contribution in [0, 0.1) is 17.7 Å². The molecule has 2 heteroatoms. The Kier molecular flexibility index (Phi) is 4.11. The van der Waals surface area contributed by atoms with Crippen molar-refractivity contribution in [1.82, 2.24) is 0 Å². The molecule has 0 aliphatic heterocycles. The molecular weight excluding hydrogens is 315 g/mol. The van der Waals surface area contributed by atoms with Gasteiger partial charge in [-0.2, -0.15) is 0 Å². The molecule has 3 rings (SSSR count). The number of alkyl halides is 1. The third kappa shape index (κ3) is 2.63. The second kappa shape index (κ2) is 5.85. The minimum atomic E-state index is -0.124. The quantitative estimate of drug-likeness (QED) is 0.570. The maximum absolute atomic E-state index is 13.9. The van der Waals surface area contributed by atoms with Crippen LogP contribution in [0.25, 0.3) is 10.8 Å². The van der Waals surface area contributed by atoms with Gasteiger partial charge in [0, 0.05) is 10.2 Å². The van der Waals surface area contributed by atoms with Crippen molar-refractivity contribution in [2.45, 2.75) is 37.4 Å². The molecule has 0 saturated heterocycles. The molecular formula is C18H20BrF. The topological polar surface area (TPSA) is 0 Å². The third-order valence-corrected chi connectivity index (χ3v) is 5.92. The summed E-state index contributed by atoms with van der Waals surface area (Å²) < 4.78 is 13.9. The Morgan fingerprint density at radius 1 is 1.00 bits per heavy atom. The molecule has 1 atom stereocenters. The molecule has 0 nitrogen and oxygen atoms in total. The summed E-state index contributed by atoms with van der Waals surface area (Å²) >= 11 is 3.89. The molecule has 0 aromatic heterocycles. The highest BCUT2D eigenvalue weighted by molar-refractivity contribution is 9.09. The van der Waals surface area contributed by atoms with Gasteiger partial charge >= 0.3 is 0 Å². The summed E-state index contributed by atoms with van der Waals surface area (Å²) in [5.41, 5.74) is 1.24. The smallest absolute Gasteiger partial charge is 0.131 e. The Morgan fingerprint density at radius 2 is 1.65 bits per heavy atom. The van der Waals surface area contributed by atoms with E-state index in [1.165, 1.54) is 31.2 Å². The Morgan fingerprint density at radius 3 is 2.35 bits per heavy atom. The van der Waals surface area contributed by atoms with Crippen molar-refractivity contribution < 1.29 is 4.39 Å². The van der Waals surface area contributed by atoms with Gasteiger partial charge in [0.15, 0.2) is 0 Å². The lowest BCUT2D eigenvalue weighted by molar-refractivity contribution is 0.288. The molecule has 0 bridgehead atoms. The Bertz CT molecular complexity index is 599. The lowest BCUT2D eigenvalue weighted by Gasteiger charge is -2.30. The highest BCUT2D eigenvalue weighted by Gasteiger charge is 2.26. The van der Waals surface area contributed by atoms with Gasteiger partial charge in [-0.05, 0) is 41.7 Å². The number of rotatable bonds is 2. The van der Waals surface area contributed by atoms with Crippen molar-refractivity contribution in [1.29, 1.82) is 0 Å². The van der Waals surface area contributed by atoms with Crippen LogP contribution in [-0.2, 0) is 0 Å². The minimum absolute atomic E-state index is 0.124.